The van der Waals surface area contributed by atoms with Gasteiger partial charge in [-0.3, -0.25) is 4.79 Å². The fraction of sp³-hybridized carbons (Fsp3) is 0.353. The van der Waals surface area contributed by atoms with Crippen LogP contribution in [0.4, 0.5) is 20.3 Å². The van der Waals surface area contributed by atoms with E-state index in [-0.39, 0.29) is 23.1 Å². The molecule has 0 unspecified atom stereocenters. The van der Waals surface area contributed by atoms with Crippen LogP contribution in [0.5, 0.6) is 0 Å². The van der Waals surface area contributed by atoms with Crippen molar-refractivity contribution in [3.05, 3.63) is 47.9 Å². The Morgan fingerprint density at radius 1 is 1.08 bits per heavy atom. The Balaban J connectivity index is 2.14. The standard InChI is InChI=1S/C17H20F2N4O/c1-3-8-23(9-4-2)17(24)14-10-21-15(11-20-14)22-16-12(18)6-5-7-13(16)19/h5-7,10-11H,3-4,8-9H2,1-2H3,(H,21,22). The largest absolute Gasteiger partial charge is 0.337 e. The lowest BCUT2D eigenvalue weighted by Crippen LogP contribution is -2.33. The van der Waals surface area contributed by atoms with Crippen LogP contribution in [0.15, 0.2) is 30.6 Å². The van der Waals surface area contributed by atoms with E-state index in [1.807, 2.05) is 13.8 Å². The Morgan fingerprint density at radius 3 is 2.21 bits per heavy atom. The molecular formula is C17H20F2N4O. The molecule has 1 N–H and O–H groups in total. The molecule has 0 aliphatic carbocycles. The van der Waals surface area contributed by atoms with E-state index in [9.17, 15) is 13.6 Å². The van der Waals surface area contributed by atoms with E-state index in [1.54, 1.807) is 4.90 Å². The summed E-state index contributed by atoms with van der Waals surface area (Å²) in [5.74, 6) is -1.49. The van der Waals surface area contributed by atoms with E-state index >= 15 is 0 Å². The van der Waals surface area contributed by atoms with Gasteiger partial charge in [0.1, 0.15) is 28.8 Å². The molecule has 0 saturated heterocycles. The summed E-state index contributed by atoms with van der Waals surface area (Å²) in [6.45, 7) is 5.29. The maximum atomic E-state index is 13.6. The van der Waals surface area contributed by atoms with Crippen molar-refractivity contribution in [1.82, 2.24) is 14.9 Å². The molecule has 24 heavy (non-hydrogen) atoms. The quantitative estimate of drug-likeness (QED) is 0.837. The third-order valence-corrected chi connectivity index (χ3v) is 3.36. The normalized spacial score (nSPS) is 10.5. The fourth-order valence-electron chi connectivity index (χ4n) is 2.27. The second-order valence-corrected chi connectivity index (χ2v) is 5.30. The number of benzene rings is 1. The van der Waals surface area contributed by atoms with Gasteiger partial charge in [0.15, 0.2) is 0 Å². The maximum absolute atomic E-state index is 13.6. The molecule has 1 heterocycles. The van der Waals surface area contributed by atoms with Crippen molar-refractivity contribution in [2.45, 2.75) is 26.7 Å². The SMILES string of the molecule is CCCN(CCC)C(=O)c1cnc(Nc2c(F)cccc2F)cn1. The summed E-state index contributed by atoms with van der Waals surface area (Å²) in [4.78, 5) is 22.2. The average Bonchev–Trinajstić information content (AvgIpc) is 2.58. The number of nitrogens with one attached hydrogen (secondary N) is 1. The van der Waals surface area contributed by atoms with Crippen molar-refractivity contribution in [3.63, 3.8) is 0 Å². The highest BCUT2D eigenvalue weighted by atomic mass is 19.1. The molecule has 0 atom stereocenters. The van der Waals surface area contributed by atoms with Gasteiger partial charge in [0, 0.05) is 13.1 Å². The predicted octanol–water partition coefficient (Wildman–Crippen LogP) is 3.76. The molecule has 1 aromatic carbocycles. The minimum Gasteiger partial charge on any atom is -0.337 e. The Labute approximate surface area is 139 Å². The summed E-state index contributed by atoms with van der Waals surface area (Å²) < 4.78 is 27.2. The summed E-state index contributed by atoms with van der Waals surface area (Å²) >= 11 is 0. The Kier molecular flexibility index (Phi) is 6.17. The Bertz CT molecular complexity index is 665. The number of hydrogen-bond donors (Lipinski definition) is 1. The average molecular weight is 334 g/mol. The van der Waals surface area contributed by atoms with Gasteiger partial charge in [0.05, 0.1) is 12.4 Å². The van der Waals surface area contributed by atoms with Crippen LogP contribution < -0.4 is 5.32 Å². The summed E-state index contributed by atoms with van der Waals surface area (Å²) in [6.07, 6.45) is 4.30. The first-order valence-corrected chi connectivity index (χ1v) is 7.89. The van der Waals surface area contributed by atoms with Gasteiger partial charge in [0.2, 0.25) is 0 Å². The van der Waals surface area contributed by atoms with Crippen LogP contribution in [0.2, 0.25) is 0 Å². The molecule has 0 saturated carbocycles. The molecule has 0 fully saturated rings. The number of halogens is 2. The van der Waals surface area contributed by atoms with Gasteiger partial charge in [-0.15, -0.1) is 0 Å². The van der Waals surface area contributed by atoms with Crippen LogP contribution >= 0.6 is 0 Å². The van der Waals surface area contributed by atoms with Gasteiger partial charge in [-0.25, -0.2) is 18.7 Å². The first kappa shape index (κ1) is 17.8. The molecule has 0 aliphatic heterocycles. The van der Waals surface area contributed by atoms with Gasteiger partial charge in [-0.2, -0.15) is 0 Å². The Hall–Kier alpha value is -2.57. The number of carbonyl (C=O) groups excluding carboxylic acids is 1. The van der Waals surface area contributed by atoms with Crippen molar-refractivity contribution >= 4 is 17.4 Å². The number of carbonyl (C=O) groups is 1. The van der Waals surface area contributed by atoms with Crippen LogP contribution in [-0.4, -0.2) is 33.9 Å². The minimum atomic E-state index is -0.728. The zero-order chi connectivity index (χ0) is 17.5. The highest BCUT2D eigenvalue weighted by Crippen LogP contribution is 2.21. The molecular weight excluding hydrogens is 314 g/mol. The monoisotopic (exact) mass is 334 g/mol. The van der Waals surface area contributed by atoms with Crippen molar-refractivity contribution in [2.75, 3.05) is 18.4 Å². The molecule has 1 aromatic heterocycles. The van der Waals surface area contributed by atoms with E-state index in [0.29, 0.717) is 13.1 Å². The summed E-state index contributed by atoms with van der Waals surface area (Å²) in [6, 6.07) is 3.56. The van der Waals surface area contributed by atoms with E-state index in [4.69, 9.17) is 0 Å². The van der Waals surface area contributed by atoms with Gasteiger partial charge in [-0.05, 0) is 25.0 Å². The molecule has 0 bridgehead atoms. The topological polar surface area (TPSA) is 58.1 Å². The lowest BCUT2D eigenvalue weighted by Gasteiger charge is -2.20. The van der Waals surface area contributed by atoms with Gasteiger partial charge >= 0.3 is 0 Å². The van der Waals surface area contributed by atoms with Gasteiger partial charge in [0.25, 0.3) is 5.91 Å². The van der Waals surface area contributed by atoms with E-state index < -0.39 is 11.6 Å². The number of aromatic nitrogens is 2. The number of para-hydroxylation sites is 1. The smallest absolute Gasteiger partial charge is 0.274 e. The second kappa shape index (κ2) is 8.33. The molecule has 0 spiro atoms. The van der Waals surface area contributed by atoms with E-state index in [2.05, 4.69) is 15.3 Å². The lowest BCUT2D eigenvalue weighted by molar-refractivity contribution is 0.0749. The summed E-state index contributed by atoms with van der Waals surface area (Å²) in [7, 11) is 0. The first-order chi connectivity index (χ1) is 11.6. The molecule has 0 radical (unpaired) electrons. The molecule has 5 nitrogen and oxygen atoms in total. The molecule has 2 aromatic rings. The maximum Gasteiger partial charge on any atom is 0.274 e. The van der Waals surface area contributed by atoms with Crippen molar-refractivity contribution in [1.29, 1.82) is 0 Å². The van der Waals surface area contributed by atoms with Crippen molar-refractivity contribution in [2.24, 2.45) is 0 Å². The second-order valence-electron chi connectivity index (χ2n) is 5.30. The zero-order valence-corrected chi connectivity index (χ0v) is 13.7. The number of amides is 1. The Morgan fingerprint density at radius 2 is 1.71 bits per heavy atom. The predicted molar refractivity (Wildman–Crippen MR) is 88.2 cm³/mol. The van der Waals surface area contributed by atoms with Crippen LogP contribution in [0.25, 0.3) is 0 Å². The number of anilines is 2. The fourth-order valence-corrected chi connectivity index (χ4v) is 2.27. The number of hydrogen-bond acceptors (Lipinski definition) is 4. The lowest BCUT2D eigenvalue weighted by atomic mass is 10.3. The third kappa shape index (κ3) is 4.24. The third-order valence-electron chi connectivity index (χ3n) is 3.36. The molecule has 128 valence electrons. The molecule has 1 amide bonds. The number of nitrogens with zero attached hydrogens (tertiary/aromatic N) is 3. The van der Waals surface area contributed by atoms with Crippen LogP contribution in [-0.2, 0) is 0 Å². The van der Waals surface area contributed by atoms with Gasteiger partial charge < -0.3 is 10.2 Å². The number of rotatable bonds is 7. The summed E-state index contributed by atoms with van der Waals surface area (Å²) in [5, 5.41) is 2.54. The highest BCUT2D eigenvalue weighted by molar-refractivity contribution is 5.92. The van der Waals surface area contributed by atoms with E-state index in [1.165, 1.54) is 18.5 Å². The van der Waals surface area contributed by atoms with E-state index in [0.717, 1.165) is 25.0 Å². The summed E-state index contributed by atoms with van der Waals surface area (Å²) in [5.41, 5.74) is -0.0964. The zero-order valence-electron chi connectivity index (χ0n) is 13.7. The van der Waals surface area contributed by atoms with Crippen LogP contribution in [0, 0.1) is 11.6 Å². The minimum absolute atomic E-state index is 0.160. The van der Waals surface area contributed by atoms with Gasteiger partial charge in [-0.1, -0.05) is 19.9 Å². The molecule has 2 rings (SSSR count). The molecule has 0 aliphatic rings. The van der Waals surface area contributed by atoms with Crippen molar-refractivity contribution in [3.8, 4) is 0 Å². The highest BCUT2D eigenvalue weighted by Gasteiger charge is 2.16. The molecule has 7 heteroatoms. The van der Waals surface area contributed by atoms with Crippen LogP contribution in [0.3, 0.4) is 0 Å². The van der Waals surface area contributed by atoms with Crippen molar-refractivity contribution < 1.29 is 13.6 Å². The first-order valence-electron chi connectivity index (χ1n) is 7.89. The van der Waals surface area contributed by atoms with Crippen LogP contribution in [0.1, 0.15) is 37.2 Å².